The van der Waals surface area contributed by atoms with Gasteiger partial charge < -0.3 is 5.11 Å². The Bertz CT molecular complexity index is 674. The Morgan fingerprint density at radius 3 is 2.67 bits per heavy atom. The van der Waals surface area contributed by atoms with Crippen LogP contribution in [-0.2, 0) is 5.41 Å². The molecule has 1 aromatic heterocycles. The molecule has 0 atom stereocenters. The van der Waals surface area contributed by atoms with Gasteiger partial charge in [-0.2, -0.15) is 5.10 Å². The first kappa shape index (κ1) is 15.8. The Hall–Kier alpha value is -1.59. The maximum Gasteiger partial charge on any atom is 0.203 e. The maximum atomic E-state index is 10.0. The Morgan fingerprint density at radius 2 is 2.10 bits per heavy atom. The van der Waals surface area contributed by atoms with Crippen LogP contribution in [0.5, 0.6) is 5.75 Å². The van der Waals surface area contributed by atoms with Crippen molar-refractivity contribution in [1.29, 1.82) is 0 Å². The number of nitrogens with zero attached hydrogens (tertiary/aromatic N) is 2. The lowest BCUT2D eigenvalue weighted by Crippen LogP contribution is -2.11. The van der Waals surface area contributed by atoms with Crippen LogP contribution >= 0.6 is 22.9 Å². The summed E-state index contributed by atoms with van der Waals surface area (Å²) in [7, 11) is 0. The van der Waals surface area contributed by atoms with Crippen molar-refractivity contribution in [3.63, 3.8) is 0 Å². The number of thiazole rings is 1. The van der Waals surface area contributed by atoms with Crippen LogP contribution in [-0.4, -0.2) is 16.3 Å². The normalized spacial score (nSPS) is 12.0. The van der Waals surface area contributed by atoms with Gasteiger partial charge in [-0.15, -0.1) is 11.3 Å². The third-order valence-corrected chi connectivity index (χ3v) is 4.09. The molecule has 2 aromatic rings. The number of benzene rings is 1. The van der Waals surface area contributed by atoms with Gasteiger partial charge in [0.15, 0.2) is 0 Å². The molecule has 0 spiro atoms. The van der Waals surface area contributed by atoms with Gasteiger partial charge in [0.2, 0.25) is 5.13 Å². The van der Waals surface area contributed by atoms with Gasteiger partial charge in [-0.1, -0.05) is 32.4 Å². The van der Waals surface area contributed by atoms with Gasteiger partial charge in [0.25, 0.3) is 0 Å². The van der Waals surface area contributed by atoms with Crippen LogP contribution in [0, 0.1) is 6.92 Å². The highest BCUT2D eigenvalue weighted by Crippen LogP contribution is 2.33. The second-order valence-corrected chi connectivity index (χ2v) is 7.08. The first-order chi connectivity index (χ1) is 9.77. The summed E-state index contributed by atoms with van der Waals surface area (Å²) in [5.41, 5.74) is 5.34. The molecule has 0 radical (unpaired) electrons. The van der Waals surface area contributed by atoms with Crippen molar-refractivity contribution in [3.8, 4) is 5.75 Å². The van der Waals surface area contributed by atoms with E-state index in [-0.39, 0.29) is 11.2 Å². The van der Waals surface area contributed by atoms with Crippen molar-refractivity contribution in [1.82, 2.24) is 4.98 Å². The van der Waals surface area contributed by atoms with Crippen molar-refractivity contribution in [2.75, 3.05) is 5.43 Å². The fraction of sp³-hybridized carbons (Fsp3) is 0.333. The molecule has 1 aromatic carbocycles. The second-order valence-electron chi connectivity index (χ2n) is 5.81. The maximum absolute atomic E-state index is 10.0. The van der Waals surface area contributed by atoms with Crippen LogP contribution in [0.4, 0.5) is 5.13 Å². The lowest BCUT2D eigenvalue weighted by Gasteiger charge is -2.20. The highest BCUT2D eigenvalue weighted by molar-refractivity contribution is 7.13. The summed E-state index contributed by atoms with van der Waals surface area (Å²) >= 11 is 7.56. The fourth-order valence-electron chi connectivity index (χ4n) is 1.71. The highest BCUT2D eigenvalue weighted by Gasteiger charge is 2.17. The first-order valence-corrected chi connectivity index (χ1v) is 7.77. The first-order valence-electron chi connectivity index (χ1n) is 6.51. The standard InChI is InChI=1S/C15H18ClN3OS/c1-9-8-21-14(18-9)19-17-7-10-5-11(15(2,3)4)6-12(16)13(10)20/h5-8,20H,1-4H3,(H,18,19). The van der Waals surface area contributed by atoms with Gasteiger partial charge in [-0.05, 0) is 30.0 Å². The summed E-state index contributed by atoms with van der Waals surface area (Å²) in [6.07, 6.45) is 1.55. The van der Waals surface area contributed by atoms with Crippen molar-refractivity contribution in [2.45, 2.75) is 33.1 Å². The van der Waals surface area contributed by atoms with Crippen molar-refractivity contribution >= 4 is 34.3 Å². The number of anilines is 1. The molecule has 112 valence electrons. The molecule has 21 heavy (non-hydrogen) atoms. The summed E-state index contributed by atoms with van der Waals surface area (Å²) in [5, 5.41) is 17.1. The van der Waals surface area contributed by atoms with Gasteiger partial charge in [0.05, 0.1) is 16.9 Å². The van der Waals surface area contributed by atoms with Crippen molar-refractivity contribution in [2.24, 2.45) is 5.10 Å². The Balaban J connectivity index is 2.24. The molecule has 2 N–H and O–H groups in total. The number of aryl methyl sites for hydroxylation is 1. The number of nitrogens with one attached hydrogen (secondary N) is 1. The predicted molar refractivity (Wildman–Crippen MR) is 89.9 cm³/mol. The average Bonchev–Trinajstić information content (AvgIpc) is 2.79. The van der Waals surface area contributed by atoms with E-state index in [9.17, 15) is 5.11 Å². The van der Waals surface area contributed by atoms with E-state index in [1.807, 2.05) is 18.4 Å². The topological polar surface area (TPSA) is 57.5 Å². The molecule has 0 aliphatic rings. The highest BCUT2D eigenvalue weighted by atomic mass is 35.5. The van der Waals surface area contributed by atoms with Crippen LogP contribution in [0.1, 0.15) is 37.6 Å². The van der Waals surface area contributed by atoms with Crippen LogP contribution in [0.15, 0.2) is 22.6 Å². The van der Waals surface area contributed by atoms with Gasteiger partial charge in [0.1, 0.15) is 5.75 Å². The van der Waals surface area contributed by atoms with Crippen LogP contribution in [0.3, 0.4) is 0 Å². The lowest BCUT2D eigenvalue weighted by molar-refractivity contribution is 0.473. The Labute approximate surface area is 133 Å². The number of phenols is 1. The molecule has 0 fully saturated rings. The van der Waals surface area contributed by atoms with Crippen molar-refractivity contribution in [3.05, 3.63) is 39.4 Å². The molecule has 2 rings (SSSR count). The number of hydrogen-bond donors (Lipinski definition) is 2. The monoisotopic (exact) mass is 323 g/mol. The summed E-state index contributed by atoms with van der Waals surface area (Å²) in [5.74, 6) is 0.0329. The molecule has 0 aliphatic carbocycles. The van der Waals surface area contributed by atoms with E-state index in [1.165, 1.54) is 11.3 Å². The number of rotatable bonds is 3. The molecule has 1 heterocycles. The third-order valence-electron chi connectivity index (χ3n) is 2.94. The molecular weight excluding hydrogens is 306 g/mol. The number of halogens is 1. The summed E-state index contributed by atoms with van der Waals surface area (Å²) in [4.78, 5) is 4.24. The number of phenolic OH excluding ortho intramolecular Hbond substituents is 1. The SMILES string of the molecule is Cc1csc(NN=Cc2cc(C(C)(C)C)cc(Cl)c2O)n1. The number of hydrogen-bond acceptors (Lipinski definition) is 5. The van der Waals surface area contributed by atoms with Crippen LogP contribution < -0.4 is 5.43 Å². The molecule has 0 bridgehead atoms. The molecule has 0 unspecified atom stereocenters. The van der Waals surface area contributed by atoms with E-state index in [0.29, 0.717) is 15.7 Å². The van der Waals surface area contributed by atoms with E-state index in [1.54, 1.807) is 12.3 Å². The molecule has 0 amide bonds. The number of aromatic hydroxyl groups is 1. The van der Waals surface area contributed by atoms with Gasteiger partial charge in [0, 0.05) is 10.9 Å². The average molecular weight is 324 g/mol. The lowest BCUT2D eigenvalue weighted by atomic mass is 9.86. The van der Waals surface area contributed by atoms with E-state index in [4.69, 9.17) is 11.6 Å². The smallest absolute Gasteiger partial charge is 0.203 e. The zero-order chi connectivity index (χ0) is 15.6. The number of aromatic nitrogens is 1. The minimum Gasteiger partial charge on any atom is -0.506 e. The molecule has 0 aliphatic heterocycles. The van der Waals surface area contributed by atoms with Crippen LogP contribution in [0.2, 0.25) is 5.02 Å². The molecule has 0 saturated heterocycles. The molecule has 0 saturated carbocycles. The quantitative estimate of drug-likeness (QED) is 0.643. The fourth-order valence-corrected chi connectivity index (χ4v) is 2.58. The van der Waals surface area contributed by atoms with E-state index in [2.05, 4.69) is 36.3 Å². The summed E-state index contributed by atoms with van der Waals surface area (Å²) in [6, 6.07) is 3.67. The Kier molecular flexibility index (Phi) is 4.54. The molecule has 4 nitrogen and oxygen atoms in total. The largest absolute Gasteiger partial charge is 0.506 e. The summed E-state index contributed by atoms with van der Waals surface area (Å²) in [6.45, 7) is 8.19. The van der Waals surface area contributed by atoms with Crippen LogP contribution in [0.25, 0.3) is 0 Å². The van der Waals surface area contributed by atoms with Gasteiger partial charge in [-0.25, -0.2) is 4.98 Å². The van der Waals surface area contributed by atoms with E-state index >= 15 is 0 Å². The minimum absolute atomic E-state index is 0.0329. The number of hydrazone groups is 1. The van der Waals surface area contributed by atoms with Gasteiger partial charge in [-0.3, -0.25) is 5.43 Å². The van der Waals surface area contributed by atoms with Crippen molar-refractivity contribution < 1.29 is 5.11 Å². The Morgan fingerprint density at radius 1 is 1.38 bits per heavy atom. The van der Waals surface area contributed by atoms with Gasteiger partial charge >= 0.3 is 0 Å². The van der Waals surface area contributed by atoms with E-state index < -0.39 is 0 Å². The molecular formula is C15H18ClN3OS. The zero-order valence-corrected chi connectivity index (χ0v) is 14.0. The minimum atomic E-state index is -0.0558. The van der Waals surface area contributed by atoms with E-state index in [0.717, 1.165) is 11.3 Å². The second kappa shape index (κ2) is 6.03. The zero-order valence-electron chi connectivity index (χ0n) is 12.4. The summed E-state index contributed by atoms with van der Waals surface area (Å²) < 4.78 is 0. The molecule has 6 heteroatoms. The predicted octanol–water partition coefficient (Wildman–Crippen LogP) is 4.55. The third kappa shape index (κ3) is 3.95.